The fourth-order valence-corrected chi connectivity index (χ4v) is 1.82. The molecule has 0 bridgehead atoms. The summed E-state index contributed by atoms with van der Waals surface area (Å²) in [6, 6.07) is 1.68. The third-order valence-electron chi connectivity index (χ3n) is 2.49. The van der Waals surface area contributed by atoms with Crippen LogP contribution in [0.15, 0.2) is 12.1 Å². The topological polar surface area (TPSA) is 47.6 Å². The van der Waals surface area contributed by atoms with Crippen molar-refractivity contribution in [1.82, 2.24) is 5.32 Å². The van der Waals surface area contributed by atoms with Crippen molar-refractivity contribution in [3.8, 4) is 11.5 Å². The number of alkyl halides is 4. The number of fused-ring (bicyclic) bond motifs is 1. The zero-order valence-electron chi connectivity index (χ0n) is 9.98. The number of carbonyl (C=O) groups is 1. The number of halogens is 5. The van der Waals surface area contributed by atoms with E-state index in [2.05, 4.69) is 14.8 Å². The Labute approximate surface area is 115 Å². The first-order valence-corrected chi connectivity index (χ1v) is 5.71. The maximum Gasteiger partial charge on any atom is 0.507 e. The summed E-state index contributed by atoms with van der Waals surface area (Å²) >= 11 is 5.74. The van der Waals surface area contributed by atoms with E-state index in [1.165, 1.54) is 7.05 Å². The van der Waals surface area contributed by atoms with E-state index in [9.17, 15) is 22.4 Å². The zero-order valence-corrected chi connectivity index (χ0v) is 10.7. The second kappa shape index (κ2) is 4.78. The van der Waals surface area contributed by atoms with Gasteiger partial charge in [-0.1, -0.05) is 11.6 Å². The summed E-state index contributed by atoms with van der Waals surface area (Å²) in [5.74, 6) is -1.85. The third kappa shape index (κ3) is 2.40. The number of ketones is 1. The molecule has 0 spiro atoms. The molecule has 1 heterocycles. The molecule has 0 atom stereocenters. The van der Waals surface area contributed by atoms with Gasteiger partial charge < -0.3 is 14.8 Å². The van der Waals surface area contributed by atoms with Crippen LogP contribution >= 0.6 is 11.6 Å². The summed E-state index contributed by atoms with van der Waals surface area (Å²) in [4.78, 5) is 11.7. The lowest BCUT2D eigenvalue weighted by molar-refractivity contribution is -0.391. The fraction of sp³-hybridized carbons (Fsp3) is 0.364. The van der Waals surface area contributed by atoms with Gasteiger partial charge in [0.15, 0.2) is 17.3 Å². The molecule has 1 aromatic rings. The highest BCUT2D eigenvalue weighted by atomic mass is 35.5. The standard InChI is InChI=1S/C11H8ClF4NO3/c1-17-4-7(18)5-2-8-9(3-6(5)12)20-11(15,16)10(13,14)19-8/h2-3,17H,4H2,1H3. The molecule has 1 aliphatic rings. The molecule has 0 saturated heterocycles. The highest BCUT2D eigenvalue weighted by molar-refractivity contribution is 6.34. The van der Waals surface area contributed by atoms with Gasteiger partial charge in [0, 0.05) is 11.6 Å². The third-order valence-corrected chi connectivity index (χ3v) is 2.80. The largest absolute Gasteiger partial charge is 0.507 e. The van der Waals surface area contributed by atoms with Crippen molar-refractivity contribution >= 4 is 17.4 Å². The number of nitrogens with one attached hydrogen (secondary N) is 1. The number of carbonyl (C=O) groups excluding carboxylic acids is 1. The van der Waals surface area contributed by atoms with Crippen LogP contribution in [0.1, 0.15) is 10.4 Å². The van der Waals surface area contributed by atoms with Gasteiger partial charge in [-0.3, -0.25) is 4.79 Å². The molecule has 0 unspecified atom stereocenters. The van der Waals surface area contributed by atoms with Crippen LogP contribution in [0, 0.1) is 0 Å². The maximum absolute atomic E-state index is 13.0. The molecule has 1 aromatic carbocycles. The van der Waals surface area contributed by atoms with Gasteiger partial charge >= 0.3 is 12.2 Å². The lowest BCUT2D eigenvalue weighted by atomic mass is 10.1. The average molecular weight is 314 g/mol. The number of benzene rings is 1. The predicted molar refractivity (Wildman–Crippen MR) is 60.9 cm³/mol. The van der Waals surface area contributed by atoms with Crippen LogP contribution in [0.3, 0.4) is 0 Å². The maximum atomic E-state index is 13.0. The Hall–Kier alpha value is -1.54. The van der Waals surface area contributed by atoms with Gasteiger partial charge in [-0.05, 0) is 13.1 Å². The normalized spacial score (nSPS) is 18.7. The van der Waals surface area contributed by atoms with Gasteiger partial charge in [0.1, 0.15) is 0 Å². The summed E-state index contributed by atoms with van der Waals surface area (Å²) in [6.45, 7) is -0.105. The summed E-state index contributed by atoms with van der Waals surface area (Å²) in [6.07, 6.45) is -9.66. The van der Waals surface area contributed by atoms with E-state index in [0.717, 1.165) is 12.1 Å². The van der Waals surface area contributed by atoms with Crippen molar-refractivity contribution in [1.29, 1.82) is 0 Å². The molecule has 0 aliphatic carbocycles. The number of Topliss-reactive ketones (excluding diaryl/α,β-unsaturated/α-hetero) is 1. The van der Waals surface area contributed by atoms with E-state index in [-0.39, 0.29) is 17.1 Å². The highest BCUT2D eigenvalue weighted by Gasteiger charge is 2.66. The lowest BCUT2D eigenvalue weighted by Gasteiger charge is -2.32. The summed E-state index contributed by atoms with van der Waals surface area (Å²) in [5, 5.41) is 2.35. The molecular formula is C11H8ClF4NO3. The minimum Gasteiger partial charge on any atom is -0.421 e. The molecule has 110 valence electrons. The van der Waals surface area contributed by atoms with E-state index in [4.69, 9.17) is 11.6 Å². The van der Waals surface area contributed by atoms with Crippen molar-refractivity contribution in [2.75, 3.05) is 13.6 Å². The Bertz CT molecular complexity index is 565. The minimum absolute atomic E-state index is 0.105. The molecule has 0 saturated carbocycles. The Morgan fingerprint density at radius 3 is 2.20 bits per heavy atom. The Balaban J connectivity index is 2.45. The second-order valence-corrected chi connectivity index (χ2v) is 4.38. The smallest absolute Gasteiger partial charge is 0.421 e. The van der Waals surface area contributed by atoms with E-state index < -0.39 is 29.5 Å². The number of ether oxygens (including phenoxy) is 2. The molecule has 1 N–H and O–H groups in total. The molecule has 0 aromatic heterocycles. The van der Waals surface area contributed by atoms with E-state index in [1.807, 2.05) is 0 Å². The van der Waals surface area contributed by atoms with Crippen molar-refractivity contribution in [2.45, 2.75) is 12.2 Å². The SMILES string of the molecule is CNCC(=O)c1cc2c(cc1Cl)OC(F)(F)C(F)(F)O2. The molecule has 2 rings (SSSR count). The van der Waals surface area contributed by atoms with E-state index in [0.29, 0.717) is 0 Å². The van der Waals surface area contributed by atoms with E-state index in [1.54, 1.807) is 0 Å². The Kier molecular flexibility index (Phi) is 3.55. The van der Waals surface area contributed by atoms with E-state index >= 15 is 0 Å². The van der Waals surface area contributed by atoms with Crippen molar-refractivity contribution in [2.24, 2.45) is 0 Å². The molecule has 20 heavy (non-hydrogen) atoms. The van der Waals surface area contributed by atoms with Crippen LogP contribution < -0.4 is 14.8 Å². The fourth-order valence-electron chi connectivity index (χ4n) is 1.56. The van der Waals surface area contributed by atoms with Crippen LogP contribution in [-0.2, 0) is 0 Å². The van der Waals surface area contributed by atoms with Crippen LogP contribution in [0.5, 0.6) is 11.5 Å². The van der Waals surface area contributed by atoms with Gasteiger partial charge in [-0.2, -0.15) is 17.6 Å². The molecule has 1 aliphatic heterocycles. The van der Waals surface area contributed by atoms with Crippen LogP contribution in [0.2, 0.25) is 5.02 Å². The van der Waals surface area contributed by atoms with Gasteiger partial charge in [0.25, 0.3) is 0 Å². The molecule has 0 amide bonds. The summed E-state index contributed by atoms with van der Waals surface area (Å²) in [7, 11) is 1.50. The van der Waals surface area contributed by atoms with Crippen LogP contribution in [0.25, 0.3) is 0 Å². The summed E-state index contributed by atoms with van der Waals surface area (Å²) in [5.41, 5.74) is -0.135. The molecular weight excluding hydrogens is 306 g/mol. The minimum atomic E-state index is -4.84. The first kappa shape index (κ1) is 14.9. The van der Waals surface area contributed by atoms with Gasteiger partial charge in [0.2, 0.25) is 0 Å². The monoisotopic (exact) mass is 313 g/mol. The quantitative estimate of drug-likeness (QED) is 0.688. The van der Waals surface area contributed by atoms with Crippen LogP contribution in [-0.4, -0.2) is 31.6 Å². The number of rotatable bonds is 3. The molecule has 0 fully saturated rings. The molecule has 0 radical (unpaired) electrons. The van der Waals surface area contributed by atoms with Crippen molar-refractivity contribution < 1.29 is 31.8 Å². The highest BCUT2D eigenvalue weighted by Crippen LogP contribution is 2.48. The average Bonchev–Trinajstić information content (AvgIpc) is 2.30. The lowest BCUT2D eigenvalue weighted by Crippen LogP contribution is -2.52. The van der Waals surface area contributed by atoms with Gasteiger partial charge in [-0.25, -0.2) is 0 Å². The van der Waals surface area contributed by atoms with Gasteiger partial charge in [0.05, 0.1) is 11.6 Å². The number of likely N-dealkylation sites (N-methyl/N-ethyl adjacent to an activating group) is 1. The first-order valence-electron chi connectivity index (χ1n) is 5.33. The molecule has 9 heteroatoms. The van der Waals surface area contributed by atoms with Gasteiger partial charge in [-0.15, -0.1) is 0 Å². The molecule has 4 nitrogen and oxygen atoms in total. The zero-order chi connectivity index (χ0) is 15.1. The van der Waals surface area contributed by atoms with Crippen molar-refractivity contribution in [3.05, 3.63) is 22.7 Å². The van der Waals surface area contributed by atoms with Crippen molar-refractivity contribution in [3.63, 3.8) is 0 Å². The number of hydrogen-bond acceptors (Lipinski definition) is 4. The Morgan fingerprint density at radius 2 is 1.70 bits per heavy atom. The Morgan fingerprint density at radius 1 is 1.20 bits per heavy atom. The number of hydrogen-bond donors (Lipinski definition) is 1. The van der Waals surface area contributed by atoms with Crippen LogP contribution in [0.4, 0.5) is 17.6 Å². The second-order valence-electron chi connectivity index (χ2n) is 3.97. The predicted octanol–water partition coefficient (Wildman–Crippen LogP) is 2.70. The first-order chi connectivity index (χ1) is 9.18. The summed E-state index contributed by atoms with van der Waals surface area (Å²) < 4.78 is 59.7.